The maximum absolute atomic E-state index is 12.4. The van der Waals surface area contributed by atoms with Crippen molar-refractivity contribution in [2.75, 3.05) is 19.7 Å². The summed E-state index contributed by atoms with van der Waals surface area (Å²) in [4.78, 5) is 0.321. The highest BCUT2D eigenvalue weighted by Gasteiger charge is 2.32. The highest BCUT2D eigenvalue weighted by Crippen LogP contribution is 2.26. The number of hydrogen-bond donors (Lipinski definition) is 1. The van der Waals surface area contributed by atoms with E-state index >= 15 is 0 Å². The molecule has 18 heavy (non-hydrogen) atoms. The van der Waals surface area contributed by atoms with Gasteiger partial charge in [0.15, 0.2) is 0 Å². The van der Waals surface area contributed by atoms with Crippen LogP contribution >= 0.6 is 15.9 Å². The first-order valence-electron chi connectivity index (χ1n) is 5.82. The molecular weight excluding hydrogens is 318 g/mol. The van der Waals surface area contributed by atoms with Crippen molar-refractivity contribution in [1.82, 2.24) is 4.31 Å². The van der Waals surface area contributed by atoms with Crippen molar-refractivity contribution in [3.05, 3.63) is 28.2 Å². The fraction of sp³-hybridized carbons (Fsp3) is 0.500. The maximum Gasteiger partial charge on any atom is 0.243 e. The van der Waals surface area contributed by atoms with Gasteiger partial charge in [0, 0.05) is 24.2 Å². The second kappa shape index (κ2) is 5.28. The average molecular weight is 334 g/mol. The molecule has 2 rings (SSSR count). The van der Waals surface area contributed by atoms with E-state index in [1.165, 1.54) is 4.31 Å². The van der Waals surface area contributed by atoms with Crippen LogP contribution in [0.1, 0.15) is 12.0 Å². The van der Waals surface area contributed by atoms with Gasteiger partial charge < -0.3 is 5.11 Å². The van der Waals surface area contributed by atoms with E-state index in [-0.39, 0.29) is 12.5 Å². The summed E-state index contributed by atoms with van der Waals surface area (Å²) in [7, 11) is -3.42. The molecule has 1 saturated heterocycles. The van der Waals surface area contributed by atoms with Gasteiger partial charge in [-0.25, -0.2) is 8.42 Å². The van der Waals surface area contributed by atoms with Crippen molar-refractivity contribution >= 4 is 26.0 Å². The van der Waals surface area contributed by atoms with E-state index in [9.17, 15) is 8.42 Å². The minimum absolute atomic E-state index is 0.0470. The van der Waals surface area contributed by atoms with Crippen LogP contribution in [0, 0.1) is 12.8 Å². The Morgan fingerprint density at radius 1 is 1.50 bits per heavy atom. The number of halogens is 1. The molecule has 0 spiro atoms. The van der Waals surface area contributed by atoms with Gasteiger partial charge >= 0.3 is 0 Å². The zero-order valence-corrected chi connectivity index (χ0v) is 12.5. The fourth-order valence-corrected chi connectivity index (χ4v) is 3.95. The number of nitrogens with zero attached hydrogens (tertiary/aromatic N) is 1. The van der Waals surface area contributed by atoms with Gasteiger partial charge in [0.25, 0.3) is 0 Å². The molecule has 1 unspecified atom stereocenters. The first-order chi connectivity index (χ1) is 8.45. The summed E-state index contributed by atoms with van der Waals surface area (Å²) < 4.78 is 27.1. The van der Waals surface area contributed by atoms with Crippen LogP contribution in [0.2, 0.25) is 0 Å². The summed E-state index contributed by atoms with van der Waals surface area (Å²) in [5.41, 5.74) is 0.897. The van der Waals surface area contributed by atoms with Crippen LogP contribution in [0.4, 0.5) is 0 Å². The Morgan fingerprint density at radius 3 is 2.78 bits per heavy atom. The molecule has 1 aromatic carbocycles. The molecule has 1 N–H and O–H groups in total. The van der Waals surface area contributed by atoms with Gasteiger partial charge in [0.1, 0.15) is 0 Å². The molecule has 0 radical (unpaired) electrons. The molecule has 1 aliphatic heterocycles. The molecule has 0 aromatic heterocycles. The largest absolute Gasteiger partial charge is 0.396 e. The molecule has 0 saturated carbocycles. The molecule has 0 bridgehead atoms. The van der Waals surface area contributed by atoms with Crippen molar-refractivity contribution in [1.29, 1.82) is 0 Å². The number of aliphatic hydroxyl groups excluding tert-OH is 1. The van der Waals surface area contributed by atoms with Gasteiger partial charge in [-0.2, -0.15) is 4.31 Å². The van der Waals surface area contributed by atoms with Crippen molar-refractivity contribution in [2.45, 2.75) is 18.2 Å². The van der Waals surface area contributed by atoms with E-state index in [0.29, 0.717) is 18.0 Å². The lowest BCUT2D eigenvalue weighted by atomic mass is 10.1. The number of benzene rings is 1. The summed E-state index contributed by atoms with van der Waals surface area (Å²) >= 11 is 3.36. The Bertz CT molecular complexity index is 544. The maximum atomic E-state index is 12.4. The average Bonchev–Trinajstić information content (AvgIpc) is 2.81. The molecule has 1 aromatic rings. The van der Waals surface area contributed by atoms with E-state index in [1.54, 1.807) is 18.2 Å². The minimum Gasteiger partial charge on any atom is -0.396 e. The molecule has 1 heterocycles. The molecular formula is C12H16BrNO3S. The number of sulfonamides is 1. The molecule has 100 valence electrons. The van der Waals surface area contributed by atoms with Crippen molar-refractivity contribution < 1.29 is 13.5 Å². The molecule has 1 aliphatic rings. The molecule has 1 fully saturated rings. The number of aryl methyl sites for hydroxylation is 1. The lowest BCUT2D eigenvalue weighted by Gasteiger charge is -2.16. The Labute approximate surface area is 116 Å². The van der Waals surface area contributed by atoms with Gasteiger partial charge in [-0.15, -0.1) is 0 Å². The number of aliphatic hydroxyl groups is 1. The summed E-state index contributed by atoms with van der Waals surface area (Å²) in [5, 5.41) is 9.07. The smallest absolute Gasteiger partial charge is 0.243 e. The molecule has 0 amide bonds. The third-order valence-electron chi connectivity index (χ3n) is 3.27. The highest BCUT2D eigenvalue weighted by molar-refractivity contribution is 9.10. The molecule has 1 atom stereocenters. The third kappa shape index (κ3) is 2.61. The first-order valence-corrected chi connectivity index (χ1v) is 8.05. The summed E-state index contributed by atoms with van der Waals surface area (Å²) in [6.07, 6.45) is 0.727. The summed E-state index contributed by atoms with van der Waals surface area (Å²) in [5.74, 6) is 0.0660. The highest BCUT2D eigenvalue weighted by atomic mass is 79.9. The van der Waals surface area contributed by atoms with Crippen LogP contribution in [0.25, 0.3) is 0 Å². The Hall–Kier alpha value is -0.430. The van der Waals surface area contributed by atoms with Crippen LogP contribution < -0.4 is 0 Å². The molecule has 0 aliphatic carbocycles. The van der Waals surface area contributed by atoms with Gasteiger partial charge in [0.05, 0.1) is 4.90 Å². The quantitative estimate of drug-likeness (QED) is 0.916. The Kier molecular flexibility index (Phi) is 4.11. The van der Waals surface area contributed by atoms with E-state index < -0.39 is 10.0 Å². The zero-order valence-electron chi connectivity index (χ0n) is 10.1. The van der Waals surface area contributed by atoms with Crippen LogP contribution in [0.5, 0.6) is 0 Å². The summed E-state index contributed by atoms with van der Waals surface area (Å²) in [6, 6.07) is 5.03. The van der Waals surface area contributed by atoms with E-state index in [2.05, 4.69) is 15.9 Å². The second-order valence-corrected chi connectivity index (χ2v) is 7.40. The van der Waals surface area contributed by atoms with Gasteiger partial charge in [-0.05, 0) is 43.0 Å². The minimum atomic E-state index is -3.42. The van der Waals surface area contributed by atoms with Crippen LogP contribution in [-0.4, -0.2) is 37.5 Å². The second-order valence-electron chi connectivity index (χ2n) is 4.61. The predicted molar refractivity (Wildman–Crippen MR) is 72.8 cm³/mol. The zero-order chi connectivity index (χ0) is 13.3. The van der Waals surface area contributed by atoms with Crippen LogP contribution in [0.15, 0.2) is 27.6 Å². The van der Waals surface area contributed by atoms with Crippen molar-refractivity contribution in [2.24, 2.45) is 5.92 Å². The summed E-state index contributed by atoms with van der Waals surface area (Å²) in [6.45, 7) is 2.81. The van der Waals surface area contributed by atoms with Crippen molar-refractivity contribution in [3.8, 4) is 0 Å². The van der Waals surface area contributed by atoms with Crippen LogP contribution in [0.3, 0.4) is 0 Å². The fourth-order valence-electron chi connectivity index (χ4n) is 2.09. The Morgan fingerprint density at radius 2 is 2.22 bits per heavy atom. The SMILES string of the molecule is Cc1cc(S(=O)(=O)N2CCC(CO)C2)ccc1Br. The van der Waals surface area contributed by atoms with E-state index in [1.807, 2.05) is 6.92 Å². The molecule has 4 nitrogen and oxygen atoms in total. The van der Waals surface area contributed by atoms with Gasteiger partial charge in [0.2, 0.25) is 10.0 Å². The number of rotatable bonds is 3. The lowest BCUT2D eigenvalue weighted by molar-refractivity contribution is 0.233. The standard InChI is InChI=1S/C12H16BrNO3S/c1-9-6-11(2-3-12(9)13)18(16,17)14-5-4-10(7-14)8-15/h2-3,6,10,15H,4-5,7-8H2,1H3. The lowest BCUT2D eigenvalue weighted by Crippen LogP contribution is -2.29. The molecule has 6 heteroatoms. The van der Waals surface area contributed by atoms with Gasteiger partial charge in [-0.3, -0.25) is 0 Å². The Balaban J connectivity index is 2.28. The normalized spacial score (nSPS) is 21.4. The third-order valence-corrected chi connectivity index (χ3v) is 6.02. The monoisotopic (exact) mass is 333 g/mol. The number of hydrogen-bond acceptors (Lipinski definition) is 3. The topological polar surface area (TPSA) is 57.6 Å². The predicted octanol–water partition coefficient (Wildman–Crippen LogP) is 1.76. The van der Waals surface area contributed by atoms with E-state index in [0.717, 1.165) is 16.5 Å². The van der Waals surface area contributed by atoms with Gasteiger partial charge in [-0.1, -0.05) is 15.9 Å². The first kappa shape index (κ1) is 14.0. The van der Waals surface area contributed by atoms with E-state index in [4.69, 9.17) is 5.11 Å². The van der Waals surface area contributed by atoms with Crippen molar-refractivity contribution in [3.63, 3.8) is 0 Å². The van der Waals surface area contributed by atoms with Crippen LogP contribution in [-0.2, 0) is 10.0 Å².